The molecule has 0 atom stereocenters. The minimum absolute atomic E-state index is 0.515. The van der Waals surface area contributed by atoms with Gasteiger partial charge in [0.05, 0.1) is 12.7 Å². The summed E-state index contributed by atoms with van der Waals surface area (Å²) in [5.41, 5.74) is 7.02. The quantitative estimate of drug-likeness (QED) is 0.598. The largest absolute Gasteiger partial charge is 0.496 e. The highest BCUT2D eigenvalue weighted by atomic mass is 16.5. The molecule has 0 fully saturated rings. The first-order valence-corrected chi connectivity index (χ1v) is 4.58. The van der Waals surface area contributed by atoms with Crippen LogP contribution >= 0.6 is 0 Å². The van der Waals surface area contributed by atoms with Crippen molar-refractivity contribution in [1.82, 2.24) is 0 Å². The summed E-state index contributed by atoms with van der Waals surface area (Å²) < 4.78 is 5.11. The van der Waals surface area contributed by atoms with Crippen molar-refractivity contribution in [2.24, 2.45) is 0 Å². The molecule has 3 nitrogen and oxygen atoms in total. The Hall–Kier alpha value is -2.03. The van der Waals surface area contributed by atoms with E-state index in [9.17, 15) is 4.79 Å². The van der Waals surface area contributed by atoms with E-state index in [-0.39, 0.29) is 0 Å². The zero-order valence-electron chi connectivity index (χ0n) is 8.36. The van der Waals surface area contributed by atoms with E-state index < -0.39 is 0 Å². The molecule has 76 valence electrons. The van der Waals surface area contributed by atoms with Gasteiger partial charge >= 0.3 is 0 Å². The second kappa shape index (κ2) is 3.61. The number of hydrogen-bond acceptors (Lipinski definition) is 3. The minimum Gasteiger partial charge on any atom is -0.496 e. The molecule has 0 aromatic heterocycles. The van der Waals surface area contributed by atoms with Crippen molar-refractivity contribution in [2.75, 3.05) is 12.8 Å². The number of carbonyl (C=O) groups excluding carboxylic acids is 1. The second-order valence-corrected chi connectivity index (χ2v) is 3.25. The van der Waals surface area contributed by atoms with Crippen LogP contribution in [0.2, 0.25) is 0 Å². The van der Waals surface area contributed by atoms with Crippen LogP contribution in [0, 0.1) is 0 Å². The monoisotopic (exact) mass is 201 g/mol. The highest BCUT2D eigenvalue weighted by molar-refractivity contribution is 6.05. The van der Waals surface area contributed by atoms with Gasteiger partial charge in [-0.2, -0.15) is 0 Å². The van der Waals surface area contributed by atoms with Crippen molar-refractivity contribution in [3.05, 3.63) is 35.9 Å². The van der Waals surface area contributed by atoms with Gasteiger partial charge in [-0.15, -0.1) is 0 Å². The maximum Gasteiger partial charge on any atom is 0.154 e. The number of hydrogen-bond donors (Lipinski definition) is 1. The van der Waals surface area contributed by atoms with E-state index in [1.165, 1.54) is 7.11 Å². The van der Waals surface area contributed by atoms with Gasteiger partial charge < -0.3 is 10.5 Å². The Morgan fingerprint density at radius 3 is 2.53 bits per heavy atom. The van der Waals surface area contributed by atoms with Crippen LogP contribution in [0.4, 0.5) is 5.69 Å². The Kier molecular flexibility index (Phi) is 2.29. The van der Waals surface area contributed by atoms with Crippen molar-refractivity contribution in [2.45, 2.75) is 0 Å². The molecule has 0 radical (unpaired) electrons. The number of anilines is 1. The van der Waals surface area contributed by atoms with Gasteiger partial charge in [0, 0.05) is 17.1 Å². The molecule has 0 aliphatic carbocycles. The summed E-state index contributed by atoms with van der Waals surface area (Å²) >= 11 is 0. The standard InChI is InChI=1S/C12H11NO2/c1-15-12-6-11(13)9-5-3-2-4-8(9)10(12)7-14/h2-7H,13H2,1H3. The van der Waals surface area contributed by atoms with Crippen LogP contribution in [0.3, 0.4) is 0 Å². The number of ether oxygens (including phenoxy) is 1. The van der Waals surface area contributed by atoms with E-state index >= 15 is 0 Å². The lowest BCUT2D eigenvalue weighted by molar-refractivity contribution is 0.112. The summed E-state index contributed by atoms with van der Waals surface area (Å²) in [7, 11) is 1.52. The predicted octanol–water partition coefficient (Wildman–Crippen LogP) is 2.24. The lowest BCUT2D eigenvalue weighted by Crippen LogP contribution is -1.96. The zero-order valence-corrected chi connectivity index (χ0v) is 8.36. The van der Waals surface area contributed by atoms with Crippen molar-refractivity contribution in [3.63, 3.8) is 0 Å². The first kappa shape index (κ1) is 9.52. The van der Waals surface area contributed by atoms with Crippen LogP contribution in [-0.4, -0.2) is 13.4 Å². The number of carbonyl (C=O) groups is 1. The van der Waals surface area contributed by atoms with E-state index in [1.807, 2.05) is 24.3 Å². The Morgan fingerprint density at radius 2 is 1.93 bits per heavy atom. The smallest absolute Gasteiger partial charge is 0.154 e. The van der Waals surface area contributed by atoms with Crippen molar-refractivity contribution in [3.8, 4) is 5.75 Å². The SMILES string of the molecule is COc1cc(N)c2ccccc2c1C=O. The lowest BCUT2D eigenvalue weighted by Gasteiger charge is -2.09. The average molecular weight is 201 g/mol. The summed E-state index contributed by atoms with van der Waals surface area (Å²) in [4.78, 5) is 11.0. The van der Waals surface area contributed by atoms with E-state index in [2.05, 4.69) is 0 Å². The number of nitrogen functional groups attached to an aromatic ring is 1. The third kappa shape index (κ3) is 1.42. The fourth-order valence-electron chi connectivity index (χ4n) is 1.69. The number of nitrogens with two attached hydrogens (primary N) is 1. The normalized spacial score (nSPS) is 10.2. The topological polar surface area (TPSA) is 52.3 Å². The molecular formula is C12H11NO2. The Morgan fingerprint density at radius 1 is 1.27 bits per heavy atom. The first-order chi connectivity index (χ1) is 7.27. The second-order valence-electron chi connectivity index (χ2n) is 3.25. The van der Waals surface area contributed by atoms with Gasteiger partial charge in [-0.3, -0.25) is 4.79 Å². The average Bonchev–Trinajstić information content (AvgIpc) is 2.29. The maximum atomic E-state index is 11.0. The summed E-state index contributed by atoms with van der Waals surface area (Å²) in [6, 6.07) is 9.18. The minimum atomic E-state index is 0.515. The summed E-state index contributed by atoms with van der Waals surface area (Å²) in [5.74, 6) is 0.515. The fraction of sp³-hybridized carbons (Fsp3) is 0.0833. The van der Waals surface area contributed by atoms with Crippen LogP contribution in [0.15, 0.2) is 30.3 Å². The maximum absolute atomic E-state index is 11.0. The molecular weight excluding hydrogens is 190 g/mol. The molecule has 15 heavy (non-hydrogen) atoms. The molecule has 2 aromatic rings. The van der Waals surface area contributed by atoms with E-state index in [4.69, 9.17) is 10.5 Å². The van der Waals surface area contributed by atoms with E-state index in [0.29, 0.717) is 17.0 Å². The Labute approximate surface area is 87.5 Å². The Balaban J connectivity index is 2.91. The number of aldehydes is 1. The van der Waals surface area contributed by atoms with Gasteiger partial charge in [-0.05, 0) is 5.39 Å². The summed E-state index contributed by atoms with van der Waals surface area (Å²) in [6.07, 6.45) is 0.792. The third-order valence-electron chi connectivity index (χ3n) is 2.42. The number of methoxy groups -OCH3 is 1. The van der Waals surface area contributed by atoms with Crippen LogP contribution in [0.5, 0.6) is 5.75 Å². The predicted molar refractivity (Wildman–Crippen MR) is 60.3 cm³/mol. The number of benzene rings is 2. The van der Waals surface area contributed by atoms with Crippen LogP contribution in [0.25, 0.3) is 10.8 Å². The van der Waals surface area contributed by atoms with Gasteiger partial charge in [0.1, 0.15) is 5.75 Å². The molecule has 0 saturated heterocycles. The van der Waals surface area contributed by atoms with Crippen molar-refractivity contribution < 1.29 is 9.53 Å². The highest BCUT2D eigenvalue weighted by Gasteiger charge is 2.09. The third-order valence-corrected chi connectivity index (χ3v) is 2.42. The van der Waals surface area contributed by atoms with Gasteiger partial charge in [0.15, 0.2) is 6.29 Å². The van der Waals surface area contributed by atoms with Crippen LogP contribution in [-0.2, 0) is 0 Å². The van der Waals surface area contributed by atoms with Crippen molar-refractivity contribution in [1.29, 1.82) is 0 Å². The highest BCUT2D eigenvalue weighted by Crippen LogP contribution is 2.31. The molecule has 2 rings (SSSR count). The van der Waals surface area contributed by atoms with Crippen molar-refractivity contribution >= 4 is 22.7 Å². The van der Waals surface area contributed by atoms with Gasteiger partial charge in [-0.25, -0.2) is 0 Å². The molecule has 0 spiro atoms. The summed E-state index contributed by atoms with van der Waals surface area (Å²) in [5, 5.41) is 1.70. The first-order valence-electron chi connectivity index (χ1n) is 4.58. The molecule has 0 bridgehead atoms. The van der Waals surface area contributed by atoms with Crippen LogP contribution in [0.1, 0.15) is 10.4 Å². The molecule has 2 aromatic carbocycles. The molecule has 0 heterocycles. The van der Waals surface area contributed by atoms with E-state index in [0.717, 1.165) is 17.1 Å². The fourth-order valence-corrected chi connectivity index (χ4v) is 1.69. The number of rotatable bonds is 2. The molecule has 0 saturated carbocycles. The molecule has 2 N–H and O–H groups in total. The zero-order chi connectivity index (χ0) is 10.8. The molecule has 0 aliphatic rings. The van der Waals surface area contributed by atoms with Gasteiger partial charge in [-0.1, -0.05) is 24.3 Å². The lowest BCUT2D eigenvalue weighted by atomic mass is 10.0. The Bertz CT molecular complexity index is 520. The molecule has 3 heteroatoms. The summed E-state index contributed by atoms with van der Waals surface area (Å²) in [6.45, 7) is 0. The van der Waals surface area contributed by atoms with Gasteiger partial charge in [0.2, 0.25) is 0 Å². The molecule has 0 aliphatic heterocycles. The number of fused-ring (bicyclic) bond motifs is 1. The van der Waals surface area contributed by atoms with E-state index in [1.54, 1.807) is 6.07 Å². The van der Waals surface area contributed by atoms with Crippen LogP contribution < -0.4 is 10.5 Å². The molecule has 0 unspecified atom stereocenters. The molecule has 0 amide bonds. The van der Waals surface area contributed by atoms with Gasteiger partial charge in [0.25, 0.3) is 0 Å².